The molecular weight excluding hydrogens is 142 g/mol. The van der Waals surface area contributed by atoms with Crippen LogP contribution in [0.3, 0.4) is 0 Å². The lowest BCUT2D eigenvalue weighted by atomic mass is 10.4. The van der Waals surface area contributed by atoms with Crippen molar-refractivity contribution in [1.29, 1.82) is 0 Å². The highest BCUT2D eigenvalue weighted by molar-refractivity contribution is 4.42. The van der Waals surface area contributed by atoms with Crippen LogP contribution in [0.25, 0.3) is 0 Å². The Kier molecular flexibility index (Phi) is 3.30. The van der Waals surface area contributed by atoms with Crippen molar-refractivity contribution >= 4 is 0 Å². The summed E-state index contributed by atoms with van der Waals surface area (Å²) in [5.74, 6) is 0. The Balaban J connectivity index is 2.25. The van der Waals surface area contributed by atoms with Gasteiger partial charge in [0, 0.05) is 6.61 Å². The third kappa shape index (κ3) is 2.77. The molecule has 1 heterocycles. The number of likely N-dealkylation sites (N-methyl/N-ethyl adjacent to an activating group) is 1. The van der Waals surface area contributed by atoms with E-state index in [9.17, 15) is 0 Å². The minimum absolute atomic E-state index is 0.814. The van der Waals surface area contributed by atoms with Crippen LogP contribution in [0.5, 0.6) is 0 Å². The standard InChI is InChI=1S/C8H18NO2/c1-3-10-8-9(2)4-6-11-7-5-9/h3-8H2,1-2H3/q+1. The summed E-state index contributed by atoms with van der Waals surface area (Å²) < 4.78 is 11.7. The van der Waals surface area contributed by atoms with E-state index in [1.54, 1.807) is 0 Å². The molecule has 1 saturated heterocycles. The minimum Gasteiger partial charge on any atom is -0.370 e. The molecule has 3 heteroatoms. The predicted octanol–water partition coefficient (Wildman–Crippen LogP) is 0.457. The van der Waals surface area contributed by atoms with Gasteiger partial charge in [0.1, 0.15) is 13.1 Å². The molecule has 0 aliphatic carbocycles. The van der Waals surface area contributed by atoms with E-state index in [4.69, 9.17) is 9.47 Å². The number of rotatable bonds is 3. The Morgan fingerprint density at radius 1 is 1.36 bits per heavy atom. The van der Waals surface area contributed by atoms with Gasteiger partial charge in [-0.3, -0.25) is 4.48 Å². The number of morpholine rings is 1. The molecule has 1 aliphatic heterocycles. The summed E-state index contributed by atoms with van der Waals surface area (Å²) in [5.41, 5.74) is 0. The molecule has 0 bridgehead atoms. The van der Waals surface area contributed by atoms with Crippen molar-refractivity contribution in [2.24, 2.45) is 0 Å². The molecule has 0 atom stereocenters. The fraction of sp³-hybridized carbons (Fsp3) is 1.00. The van der Waals surface area contributed by atoms with Crippen LogP contribution < -0.4 is 0 Å². The molecule has 0 aromatic heterocycles. The van der Waals surface area contributed by atoms with Crippen LogP contribution in [-0.4, -0.2) is 51.2 Å². The molecule has 0 aromatic rings. The number of hydrogen-bond acceptors (Lipinski definition) is 2. The first-order valence-corrected chi connectivity index (χ1v) is 4.26. The van der Waals surface area contributed by atoms with Crippen molar-refractivity contribution in [2.75, 3.05) is 46.7 Å². The Labute approximate surface area is 68.5 Å². The lowest BCUT2D eigenvalue weighted by Crippen LogP contribution is -2.53. The monoisotopic (exact) mass is 160 g/mol. The lowest BCUT2D eigenvalue weighted by molar-refractivity contribution is -0.934. The second-order valence-corrected chi connectivity index (χ2v) is 3.30. The summed E-state index contributed by atoms with van der Waals surface area (Å²) in [6, 6.07) is 0. The molecule has 0 N–H and O–H groups in total. The van der Waals surface area contributed by atoms with E-state index in [-0.39, 0.29) is 0 Å². The van der Waals surface area contributed by atoms with Crippen LogP contribution in [0, 0.1) is 0 Å². The topological polar surface area (TPSA) is 18.5 Å². The smallest absolute Gasteiger partial charge is 0.183 e. The third-order valence-corrected chi connectivity index (χ3v) is 2.16. The van der Waals surface area contributed by atoms with E-state index >= 15 is 0 Å². The predicted molar refractivity (Wildman–Crippen MR) is 43.2 cm³/mol. The fourth-order valence-corrected chi connectivity index (χ4v) is 1.22. The van der Waals surface area contributed by atoms with E-state index < -0.39 is 0 Å². The third-order valence-electron chi connectivity index (χ3n) is 2.16. The van der Waals surface area contributed by atoms with Gasteiger partial charge in [0.05, 0.1) is 20.3 Å². The maximum atomic E-state index is 5.39. The molecule has 3 nitrogen and oxygen atoms in total. The summed E-state index contributed by atoms with van der Waals surface area (Å²) in [6.07, 6.45) is 0. The minimum atomic E-state index is 0.814. The first kappa shape index (κ1) is 8.97. The van der Waals surface area contributed by atoms with Crippen LogP contribution in [0.1, 0.15) is 6.92 Å². The number of quaternary nitrogens is 1. The van der Waals surface area contributed by atoms with E-state index in [0.29, 0.717) is 0 Å². The highest BCUT2D eigenvalue weighted by Crippen LogP contribution is 2.06. The summed E-state index contributed by atoms with van der Waals surface area (Å²) in [6.45, 7) is 7.61. The Morgan fingerprint density at radius 2 is 2.00 bits per heavy atom. The molecule has 0 radical (unpaired) electrons. The van der Waals surface area contributed by atoms with Crippen LogP contribution in [0.15, 0.2) is 0 Å². The molecule has 0 unspecified atom stereocenters. The molecule has 0 amide bonds. The Morgan fingerprint density at radius 3 is 2.55 bits per heavy atom. The molecule has 1 aliphatic rings. The second-order valence-electron chi connectivity index (χ2n) is 3.30. The molecule has 0 spiro atoms. The number of ether oxygens (including phenoxy) is 2. The average molecular weight is 160 g/mol. The number of nitrogens with zero attached hydrogens (tertiary/aromatic N) is 1. The van der Waals surface area contributed by atoms with Crippen LogP contribution in [0.2, 0.25) is 0 Å². The largest absolute Gasteiger partial charge is 0.370 e. The zero-order valence-electron chi connectivity index (χ0n) is 7.51. The summed E-state index contributed by atoms with van der Waals surface area (Å²) in [4.78, 5) is 0. The zero-order chi connectivity index (χ0) is 8.16. The van der Waals surface area contributed by atoms with Gasteiger partial charge >= 0.3 is 0 Å². The highest BCUT2D eigenvalue weighted by atomic mass is 16.5. The first-order valence-electron chi connectivity index (χ1n) is 4.26. The van der Waals surface area contributed by atoms with Gasteiger partial charge < -0.3 is 9.47 Å². The number of hydrogen-bond donors (Lipinski definition) is 0. The van der Waals surface area contributed by atoms with Gasteiger partial charge in [0.15, 0.2) is 6.73 Å². The first-order chi connectivity index (χ1) is 5.27. The van der Waals surface area contributed by atoms with E-state index in [1.165, 1.54) is 0 Å². The van der Waals surface area contributed by atoms with Crippen molar-refractivity contribution in [3.05, 3.63) is 0 Å². The average Bonchev–Trinajstić information content (AvgIpc) is 2.03. The van der Waals surface area contributed by atoms with Gasteiger partial charge in [-0.2, -0.15) is 0 Å². The lowest BCUT2D eigenvalue weighted by Gasteiger charge is -2.36. The second kappa shape index (κ2) is 4.04. The summed E-state index contributed by atoms with van der Waals surface area (Å²) >= 11 is 0. The van der Waals surface area contributed by atoms with Gasteiger partial charge in [0.2, 0.25) is 0 Å². The Bertz CT molecular complexity index is 111. The molecule has 11 heavy (non-hydrogen) atoms. The van der Waals surface area contributed by atoms with E-state index in [1.807, 2.05) is 6.92 Å². The molecule has 66 valence electrons. The van der Waals surface area contributed by atoms with Crippen LogP contribution in [-0.2, 0) is 9.47 Å². The van der Waals surface area contributed by atoms with E-state index in [2.05, 4.69) is 7.05 Å². The van der Waals surface area contributed by atoms with Gasteiger partial charge in [-0.1, -0.05) is 0 Å². The van der Waals surface area contributed by atoms with Crippen molar-refractivity contribution in [3.63, 3.8) is 0 Å². The van der Waals surface area contributed by atoms with Crippen molar-refractivity contribution in [1.82, 2.24) is 0 Å². The molecule has 0 aromatic carbocycles. The summed E-state index contributed by atoms with van der Waals surface area (Å²) in [5, 5.41) is 0. The van der Waals surface area contributed by atoms with Crippen LogP contribution >= 0.6 is 0 Å². The maximum absolute atomic E-state index is 5.39. The highest BCUT2D eigenvalue weighted by Gasteiger charge is 2.24. The van der Waals surface area contributed by atoms with Crippen molar-refractivity contribution in [3.8, 4) is 0 Å². The molecule has 1 rings (SSSR count). The SMILES string of the molecule is CCOC[N+]1(C)CCOCC1. The summed E-state index contributed by atoms with van der Waals surface area (Å²) in [7, 11) is 2.22. The van der Waals surface area contributed by atoms with Crippen molar-refractivity contribution < 1.29 is 14.0 Å². The van der Waals surface area contributed by atoms with Gasteiger partial charge in [0.25, 0.3) is 0 Å². The van der Waals surface area contributed by atoms with Gasteiger partial charge in [-0.05, 0) is 6.92 Å². The van der Waals surface area contributed by atoms with Gasteiger partial charge in [-0.15, -0.1) is 0 Å². The normalized spacial score (nSPS) is 23.5. The Hall–Kier alpha value is -0.120. The van der Waals surface area contributed by atoms with Gasteiger partial charge in [-0.25, -0.2) is 0 Å². The zero-order valence-corrected chi connectivity index (χ0v) is 7.51. The van der Waals surface area contributed by atoms with Crippen LogP contribution in [0.4, 0.5) is 0 Å². The molecular formula is C8H18NO2+. The quantitative estimate of drug-likeness (QED) is 0.558. The fourth-order valence-electron chi connectivity index (χ4n) is 1.22. The van der Waals surface area contributed by atoms with Crippen molar-refractivity contribution in [2.45, 2.75) is 6.92 Å². The van der Waals surface area contributed by atoms with E-state index in [0.717, 1.165) is 44.1 Å². The molecule has 0 saturated carbocycles. The maximum Gasteiger partial charge on any atom is 0.183 e. The molecule has 1 fully saturated rings.